The van der Waals surface area contributed by atoms with Gasteiger partial charge in [-0.15, -0.1) is 6.58 Å². The van der Waals surface area contributed by atoms with E-state index in [0.29, 0.717) is 27.4 Å². The van der Waals surface area contributed by atoms with Crippen LogP contribution >= 0.6 is 23.6 Å². The minimum atomic E-state index is -0.121. The summed E-state index contributed by atoms with van der Waals surface area (Å²) in [4.78, 5) is 21.7. The Bertz CT molecular complexity index is 1080. The Balaban J connectivity index is 2.09. The molecule has 0 bridgehead atoms. The molecule has 0 saturated carbocycles. The van der Waals surface area contributed by atoms with Crippen LogP contribution in [0.2, 0.25) is 0 Å². The Hall–Kier alpha value is -2.32. The summed E-state index contributed by atoms with van der Waals surface area (Å²) in [5.41, 5.74) is 3.14. The van der Waals surface area contributed by atoms with Gasteiger partial charge in [0.2, 0.25) is 0 Å². The van der Waals surface area contributed by atoms with Crippen molar-refractivity contribution in [3.8, 4) is 5.75 Å². The largest absolute Gasteiger partial charge is 0.496 e. The standard InChI is InChI=1S/C17H18N4O2S2/c1-5-6-21-15-14(25-17(21)24)16(22)20(9-19-15)8-12-11(3)13(23-4)10(2)7-18-12/h5,7,9H,1,6,8H2,2-4H3. The van der Waals surface area contributed by atoms with Gasteiger partial charge in [0.25, 0.3) is 5.56 Å². The van der Waals surface area contributed by atoms with Crippen LogP contribution in [0.3, 0.4) is 0 Å². The molecule has 0 saturated heterocycles. The average molecular weight is 374 g/mol. The molecule has 0 fully saturated rings. The molecule has 0 spiro atoms. The molecule has 0 aromatic carbocycles. The maximum Gasteiger partial charge on any atom is 0.273 e. The van der Waals surface area contributed by atoms with E-state index in [1.54, 1.807) is 30.3 Å². The molecule has 0 N–H and O–H groups in total. The monoisotopic (exact) mass is 374 g/mol. The fraction of sp³-hybridized carbons (Fsp3) is 0.294. The predicted molar refractivity (Wildman–Crippen MR) is 102 cm³/mol. The quantitative estimate of drug-likeness (QED) is 0.507. The Kier molecular flexibility index (Phi) is 4.82. The third kappa shape index (κ3) is 3.03. The van der Waals surface area contributed by atoms with Crippen molar-refractivity contribution in [2.45, 2.75) is 26.9 Å². The van der Waals surface area contributed by atoms with Crippen LogP contribution in [0.15, 0.2) is 30.0 Å². The van der Waals surface area contributed by atoms with E-state index in [2.05, 4.69) is 16.5 Å². The van der Waals surface area contributed by atoms with Crippen molar-refractivity contribution < 1.29 is 4.74 Å². The van der Waals surface area contributed by atoms with Crippen LogP contribution < -0.4 is 10.3 Å². The second-order valence-corrected chi connectivity index (χ2v) is 7.29. The number of allylic oxidation sites excluding steroid dienone is 1. The number of aromatic nitrogens is 4. The highest BCUT2D eigenvalue weighted by molar-refractivity contribution is 7.73. The van der Waals surface area contributed by atoms with E-state index in [1.165, 1.54) is 11.3 Å². The molecule has 6 nitrogen and oxygen atoms in total. The summed E-state index contributed by atoms with van der Waals surface area (Å²) in [6, 6.07) is 0. The van der Waals surface area contributed by atoms with E-state index in [0.717, 1.165) is 22.6 Å². The van der Waals surface area contributed by atoms with Crippen molar-refractivity contribution in [1.82, 2.24) is 19.1 Å². The molecule has 25 heavy (non-hydrogen) atoms. The molecule has 8 heteroatoms. The van der Waals surface area contributed by atoms with Crippen molar-refractivity contribution >= 4 is 33.9 Å². The number of fused-ring (bicyclic) bond motifs is 1. The number of thiazole rings is 1. The Labute approximate surface area is 154 Å². The van der Waals surface area contributed by atoms with Crippen molar-refractivity contribution in [1.29, 1.82) is 0 Å². The number of pyridine rings is 1. The summed E-state index contributed by atoms with van der Waals surface area (Å²) >= 11 is 6.61. The number of nitrogens with zero attached hydrogens (tertiary/aromatic N) is 4. The van der Waals surface area contributed by atoms with E-state index in [4.69, 9.17) is 17.0 Å². The molecule has 0 aliphatic rings. The normalized spacial score (nSPS) is 11.0. The number of ether oxygens (including phenoxy) is 1. The highest BCUT2D eigenvalue weighted by Gasteiger charge is 2.14. The van der Waals surface area contributed by atoms with Gasteiger partial charge in [0, 0.05) is 23.9 Å². The molecule has 0 radical (unpaired) electrons. The van der Waals surface area contributed by atoms with Gasteiger partial charge >= 0.3 is 0 Å². The summed E-state index contributed by atoms with van der Waals surface area (Å²) in [5.74, 6) is 0.792. The number of aryl methyl sites for hydroxylation is 1. The molecule has 3 heterocycles. The zero-order valence-electron chi connectivity index (χ0n) is 14.3. The van der Waals surface area contributed by atoms with Gasteiger partial charge in [-0.3, -0.25) is 14.3 Å². The van der Waals surface area contributed by atoms with Crippen molar-refractivity contribution in [3.63, 3.8) is 0 Å². The molecule has 3 aromatic heterocycles. The second-order valence-electron chi connectivity index (χ2n) is 5.64. The van der Waals surface area contributed by atoms with Gasteiger partial charge in [-0.05, 0) is 26.1 Å². The molecule has 0 aliphatic heterocycles. The van der Waals surface area contributed by atoms with Crippen LogP contribution in [-0.4, -0.2) is 26.2 Å². The van der Waals surface area contributed by atoms with E-state index < -0.39 is 0 Å². The van der Waals surface area contributed by atoms with Gasteiger partial charge < -0.3 is 9.30 Å². The maximum absolute atomic E-state index is 12.8. The fourth-order valence-electron chi connectivity index (χ4n) is 2.77. The first-order valence-corrected chi connectivity index (χ1v) is 8.89. The van der Waals surface area contributed by atoms with Crippen molar-refractivity contribution in [3.05, 3.63) is 56.3 Å². The summed E-state index contributed by atoms with van der Waals surface area (Å²) in [7, 11) is 1.63. The van der Waals surface area contributed by atoms with Gasteiger partial charge in [0.1, 0.15) is 16.8 Å². The minimum absolute atomic E-state index is 0.121. The number of hydrogen-bond acceptors (Lipinski definition) is 6. The molecular formula is C17H18N4O2S2. The van der Waals surface area contributed by atoms with Crippen LogP contribution in [0.4, 0.5) is 0 Å². The maximum atomic E-state index is 12.8. The van der Waals surface area contributed by atoms with Crippen molar-refractivity contribution in [2.24, 2.45) is 0 Å². The average Bonchev–Trinajstić information content (AvgIpc) is 2.90. The van der Waals surface area contributed by atoms with Gasteiger partial charge in [0.15, 0.2) is 9.60 Å². The van der Waals surface area contributed by atoms with Gasteiger partial charge in [-0.1, -0.05) is 17.4 Å². The van der Waals surface area contributed by atoms with E-state index in [1.807, 2.05) is 18.4 Å². The predicted octanol–water partition coefficient (Wildman–Crippen LogP) is 3.24. The first-order valence-electron chi connectivity index (χ1n) is 7.66. The van der Waals surface area contributed by atoms with Crippen LogP contribution in [0.5, 0.6) is 5.75 Å². The molecule has 0 unspecified atom stereocenters. The Morgan fingerprint density at radius 1 is 1.40 bits per heavy atom. The highest BCUT2D eigenvalue weighted by atomic mass is 32.1. The second kappa shape index (κ2) is 6.89. The van der Waals surface area contributed by atoms with Crippen LogP contribution in [-0.2, 0) is 13.1 Å². The third-order valence-electron chi connectivity index (χ3n) is 4.02. The topological polar surface area (TPSA) is 61.9 Å². The third-order valence-corrected chi connectivity index (χ3v) is 5.45. The molecule has 0 amide bonds. The van der Waals surface area contributed by atoms with Crippen LogP contribution in [0.1, 0.15) is 16.8 Å². The summed E-state index contributed by atoms with van der Waals surface area (Å²) in [6.07, 6.45) is 5.03. The van der Waals surface area contributed by atoms with Crippen LogP contribution in [0, 0.1) is 17.8 Å². The van der Waals surface area contributed by atoms with Crippen molar-refractivity contribution in [2.75, 3.05) is 7.11 Å². The smallest absolute Gasteiger partial charge is 0.273 e. The lowest BCUT2D eigenvalue weighted by molar-refractivity contribution is 0.406. The van der Waals surface area contributed by atoms with Crippen LogP contribution in [0.25, 0.3) is 10.3 Å². The highest BCUT2D eigenvalue weighted by Crippen LogP contribution is 2.24. The lowest BCUT2D eigenvalue weighted by Gasteiger charge is -2.13. The Morgan fingerprint density at radius 2 is 2.16 bits per heavy atom. The summed E-state index contributed by atoms with van der Waals surface area (Å²) < 4.78 is 9.96. The Morgan fingerprint density at radius 3 is 2.84 bits per heavy atom. The van der Waals surface area contributed by atoms with Gasteiger partial charge in [-0.25, -0.2) is 4.98 Å². The number of rotatable bonds is 5. The first-order chi connectivity index (χ1) is 12.0. The molecular weight excluding hydrogens is 356 g/mol. The molecule has 0 aliphatic carbocycles. The lowest BCUT2D eigenvalue weighted by atomic mass is 10.1. The minimum Gasteiger partial charge on any atom is -0.496 e. The molecule has 130 valence electrons. The summed E-state index contributed by atoms with van der Waals surface area (Å²) in [5, 5.41) is 0. The lowest BCUT2D eigenvalue weighted by Crippen LogP contribution is -2.22. The first kappa shape index (κ1) is 17.5. The molecule has 0 atom stereocenters. The van der Waals surface area contributed by atoms with E-state index in [-0.39, 0.29) is 5.56 Å². The fourth-order valence-corrected chi connectivity index (χ4v) is 4.08. The zero-order valence-corrected chi connectivity index (χ0v) is 15.9. The van der Waals surface area contributed by atoms with Gasteiger partial charge in [0.05, 0.1) is 19.3 Å². The van der Waals surface area contributed by atoms with E-state index in [9.17, 15) is 4.79 Å². The SMILES string of the molecule is C=CCn1c(=S)sc2c(=O)n(Cc3ncc(C)c(OC)c3C)cnc21. The molecule has 3 rings (SSSR count). The summed E-state index contributed by atoms with van der Waals surface area (Å²) in [6.45, 7) is 8.46. The number of hydrogen-bond donors (Lipinski definition) is 0. The van der Waals surface area contributed by atoms with E-state index >= 15 is 0 Å². The molecule has 3 aromatic rings. The zero-order chi connectivity index (χ0) is 18.1. The van der Waals surface area contributed by atoms with Gasteiger partial charge in [-0.2, -0.15) is 0 Å². The number of methoxy groups -OCH3 is 1.